The van der Waals surface area contributed by atoms with Gasteiger partial charge in [0, 0.05) is 37.4 Å². The quantitative estimate of drug-likeness (QED) is 0.659. The van der Waals surface area contributed by atoms with E-state index in [1.807, 2.05) is 12.1 Å². The smallest absolute Gasteiger partial charge is 0.257 e. The maximum atomic E-state index is 13.4. The number of rotatable bonds is 4. The van der Waals surface area contributed by atoms with E-state index >= 15 is 0 Å². The summed E-state index contributed by atoms with van der Waals surface area (Å²) in [5, 5.41) is 6.39. The van der Waals surface area contributed by atoms with Crippen molar-refractivity contribution < 1.29 is 9.21 Å². The predicted molar refractivity (Wildman–Crippen MR) is 115 cm³/mol. The highest BCUT2D eigenvalue weighted by Crippen LogP contribution is 2.34. The van der Waals surface area contributed by atoms with Gasteiger partial charge in [-0.25, -0.2) is 5.01 Å². The lowest BCUT2D eigenvalue weighted by Gasteiger charge is -2.35. The highest BCUT2D eigenvalue weighted by Gasteiger charge is 2.36. The van der Waals surface area contributed by atoms with Crippen LogP contribution in [0.15, 0.2) is 70.5 Å². The third-order valence-electron chi connectivity index (χ3n) is 6.23. The zero-order chi connectivity index (χ0) is 20.7. The zero-order valence-electron chi connectivity index (χ0n) is 17.4. The number of aryl methyl sites for hydroxylation is 1. The van der Waals surface area contributed by atoms with Gasteiger partial charge in [-0.05, 0) is 43.7 Å². The summed E-state index contributed by atoms with van der Waals surface area (Å²) in [5.41, 5.74) is 4.43. The molecule has 0 bridgehead atoms. The van der Waals surface area contributed by atoms with Gasteiger partial charge in [-0.3, -0.25) is 9.69 Å². The summed E-state index contributed by atoms with van der Waals surface area (Å²) in [6, 6.07) is 16.3. The number of hydrogen-bond donors (Lipinski definition) is 0. The van der Waals surface area contributed by atoms with Gasteiger partial charge in [0.1, 0.15) is 11.8 Å². The molecule has 5 rings (SSSR count). The number of hydrazone groups is 1. The lowest BCUT2D eigenvalue weighted by atomic mass is 10.0. The second-order valence-electron chi connectivity index (χ2n) is 8.16. The van der Waals surface area contributed by atoms with Crippen LogP contribution >= 0.6 is 0 Å². The molecule has 0 aliphatic carbocycles. The number of benzene rings is 1. The van der Waals surface area contributed by atoms with E-state index in [9.17, 15) is 4.79 Å². The Hall–Kier alpha value is -3.12. The van der Waals surface area contributed by atoms with Crippen LogP contribution in [0.5, 0.6) is 0 Å². The van der Waals surface area contributed by atoms with Crippen molar-refractivity contribution in [1.82, 2.24) is 14.5 Å². The van der Waals surface area contributed by atoms with Gasteiger partial charge in [0.2, 0.25) is 0 Å². The number of hydrogen-bond acceptors (Lipinski definition) is 4. The van der Waals surface area contributed by atoms with E-state index in [4.69, 9.17) is 9.52 Å². The first-order chi connectivity index (χ1) is 14.6. The zero-order valence-corrected chi connectivity index (χ0v) is 17.4. The van der Waals surface area contributed by atoms with E-state index in [0.29, 0.717) is 13.0 Å². The van der Waals surface area contributed by atoms with Crippen LogP contribution in [-0.4, -0.2) is 39.2 Å². The van der Waals surface area contributed by atoms with Gasteiger partial charge in [-0.1, -0.05) is 29.8 Å². The van der Waals surface area contributed by atoms with Crippen molar-refractivity contribution in [1.29, 1.82) is 0 Å². The molecule has 3 aromatic rings. The Bertz CT molecular complexity index is 1070. The van der Waals surface area contributed by atoms with Crippen molar-refractivity contribution in [2.24, 2.45) is 5.10 Å². The highest BCUT2D eigenvalue weighted by molar-refractivity contribution is 6.03. The average molecular weight is 402 g/mol. The summed E-state index contributed by atoms with van der Waals surface area (Å²) in [4.78, 5) is 15.6. The first-order valence-electron chi connectivity index (χ1n) is 10.5. The number of furan rings is 1. The topological polar surface area (TPSA) is 54.0 Å². The van der Waals surface area contributed by atoms with Crippen molar-refractivity contribution in [2.75, 3.05) is 13.1 Å². The van der Waals surface area contributed by atoms with E-state index in [1.165, 1.54) is 11.3 Å². The minimum absolute atomic E-state index is 0.00497. The second kappa shape index (κ2) is 7.61. The number of fused-ring (bicyclic) bond motifs is 1. The van der Waals surface area contributed by atoms with Gasteiger partial charge in [0.15, 0.2) is 0 Å². The lowest BCUT2D eigenvalue weighted by molar-refractivity contribution is -0.135. The lowest BCUT2D eigenvalue weighted by Crippen LogP contribution is -2.43. The van der Waals surface area contributed by atoms with Crippen molar-refractivity contribution in [3.63, 3.8) is 0 Å². The molecule has 1 aromatic carbocycles. The minimum Gasteiger partial charge on any atom is -0.467 e. The Kier molecular flexibility index (Phi) is 4.79. The molecule has 2 aliphatic rings. The summed E-state index contributed by atoms with van der Waals surface area (Å²) in [6.07, 6.45) is 4.42. The summed E-state index contributed by atoms with van der Waals surface area (Å²) in [6.45, 7) is 6.32. The van der Waals surface area contributed by atoms with Gasteiger partial charge < -0.3 is 8.98 Å². The number of carbonyl (C=O) groups is 1. The molecule has 6 heteroatoms. The van der Waals surface area contributed by atoms with Crippen LogP contribution in [0.4, 0.5) is 0 Å². The number of amides is 1. The van der Waals surface area contributed by atoms with Crippen LogP contribution in [0.2, 0.25) is 0 Å². The fraction of sp³-hybridized carbons (Fsp3) is 0.333. The molecule has 0 radical (unpaired) electrons. The Morgan fingerprint density at radius 3 is 2.73 bits per heavy atom. The van der Waals surface area contributed by atoms with E-state index < -0.39 is 0 Å². The molecule has 4 heterocycles. The number of nitrogens with zero attached hydrogens (tertiary/aromatic N) is 4. The van der Waals surface area contributed by atoms with E-state index in [2.05, 4.69) is 65.9 Å². The normalized spacial score (nSPS) is 21.5. The molecule has 2 aromatic heterocycles. The van der Waals surface area contributed by atoms with Crippen molar-refractivity contribution in [2.45, 2.75) is 38.9 Å². The predicted octanol–water partition coefficient (Wildman–Crippen LogP) is 4.14. The molecule has 1 amide bonds. The molecule has 6 nitrogen and oxygen atoms in total. The molecule has 0 N–H and O–H groups in total. The van der Waals surface area contributed by atoms with Gasteiger partial charge in [-0.2, -0.15) is 5.10 Å². The van der Waals surface area contributed by atoms with E-state index in [0.717, 1.165) is 30.1 Å². The maximum Gasteiger partial charge on any atom is 0.257 e. The van der Waals surface area contributed by atoms with Crippen LogP contribution in [0.1, 0.15) is 48.0 Å². The average Bonchev–Trinajstić information content (AvgIpc) is 3.50. The van der Waals surface area contributed by atoms with Crippen LogP contribution in [-0.2, 0) is 11.3 Å². The van der Waals surface area contributed by atoms with Crippen molar-refractivity contribution >= 4 is 11.6 Å². The fourth-order valence-electron chi connectivity index (χ4n) is 4.45. The molecule has 0 spiro atoms. The van der Waals surface area contributed by atoms with Crippen LogP contribution in [0.3, 0.4) is 0 Å². The molecule has 0 saturated carbocycles. The SMILES string of the molecule is Cc1ccc(C2=NN(C(=O)CN3CCn4cccc4[C@@H]3C)[C@H](c3ccco3)C2)cc1. The third-order valence-corrected chi connectivity index (χ3v) is 6.23. The molecule has 2 aliphatic heterocycles. The van der Waals surface area contributed by atoms with E-state index in [-0.39, 0.29) is 18.0 Å². The Balaban J connectivity index is 1.39. The maximum absolute atomic E-state index is 13.4. The van der Waals surface area contributed by atoms with Gasteiger partial charge in [0.05, 0.1) is 18.5 Å². The van der Waals surface area contributed by atoms with Crippen molar-refractivity contribution in [3.8, 4) is 0 Å². The molecule has 0 saturated heterocycles. The molecule has 30 heavy (non-hydrogen) atoms. The summed E-state index contributed by atoms with van der Waals surface area (Å²) in [5.74, 6) is 0.778. The minimum atomic E-state index is -0.201. The summed E-state index contributed by atoms with van der Waals surface area (Å²) >= 11 is 0. The fourth-order valence-corrected chi connectivity index (χ4v) is 4.45. The summed E-state index contributed by atoms with van der Waals surface area (Å²) < 4.78 is 7.93. The molecular weight excluding hydrogens is 376 g/mol. The summed E-state index contributed by atoms with van der Waals surface area (Å²) in [7, 11) is 0. The highest BCUT2D eigenvalue weighted by atomic mass is 16.3. The van der Waals surface area contributed by atoms with Crippen LogP contribution < -0.4 is 0 Å². The Labute approximate surface area is 176 Å². The Morgan fingerprint density at radius 2 is 1.97 bits per heavy atom. The van der Waals surface area contributed by atoms with Gasteiger partial charge in [-0.15, -0.1) is 0 Å². The molecule has 2 atom stereocenters. The van der Waals surface area contributed by atoms with Crippen LogP contribution in [0.25, 0.3) is 0 Å². The third kappa shape index (κ3) is 3.37. The number of aromatic nitrogens is 1. The van der Waals surface area contributed by atoms with Crippen LogP contribution in [0, 0.1) is 6.92 Å². The first-order valence-corrected chi connectivity index (χ1v) is 10.5. The first kappa shape index (κ1) is 18.9. The van der Waals surface area contributed by atoms with Crippen molar-refractivity contribution in [3.05, 3.63) is 83.6 Å². The largest absolute Gasteiger partial charge is 0.467 e. The second-order valence-corrected chi connectivity index (χ2v) is 8.16. The van der Waals surface area contributed by atoms with Gasteiger partial charge in [0.25, 0.3) is 5.91 Å². The number of carbonyl (C=O) groups excluding carboxylic acids is 1. The molecule has 0 unspecified atom stereocenters. The molecule has 0 fully saturated rings. The Morgan fingerprint density at radius 1 is 1.13 bits per heavy atom. The monoisotopic (exact) mass is 402 g/mol. The van der Waals surface area contributed by atoms with E-state index in [1.54, 1.807) is 11.3 Å². The molecule has 154 valence electrons. The van der Waals surface area contributed by atoms with Gasteiger partial charge >= 0.3 is 0 Å². The molecular formula is C24H26N4O2. The standard InChI is InChI=1S/C24H26N4O2/c1-17-7-9-19(10-8-17)20-15-22(23-6-4-14-30-23)28(25-20)24(29)16-27-13-12-26-11-3-5-21(26)18(27)2/h3-11,14,18,22H,12-13,15-16H2,1-2H3/t18-,22-/m0/s1.